The first kappa shape index (κ1) is 17.1. The van der Waals surface area contributed by atoms with Gasteiger partial charge in [-0.2, -0.15) is 0 Å². The number of likely N-dealkylation sites (tertiary alicyclic amines) is 1. The van der Waals surface area contributed by atoms with Crippen LogP contribution in [-0.2, 0) is 17.9 Å². The van der Waals surface area contributed by atoms with Crippen LogP contribution in [0, 0.1) is 0 Å². The summed E-state index contributed by atoms with van der Waals surface area (Å²) in [5.41, 5.74) is 2.34. The fourth-order valence-corrected chi connectivity index (χ4v) is 4.08. The van der Waals surface area contributed by atoms with Crippen LogP contribution in [0.4, 0.5) is 0 Å². The van der Waals surface area contributed by atoms with Gasteiger partial charge in [0.05, 0.1) is 43.9 Å². The molecule has 4 heterocycles. The predicted octanol–water partition coefficient (Wildman–Crippen LogP) is 2.97. The van der Waals surface area contributed by atoms with Crippen LogP contribution in [0.25, 0.3) is 11.3 Å². The highest BCUT2D eigenvalue weighted by atomic mass is 16.5. The van der Waals surface area contributed by atoms with E-state index in [2.05, 4.69) is 9.55 Å². The number of ether oxygens (including phenoxy) is 2. The van der Waals surface area contributed by atoms with E-state index in [1.807, 2.05) is 35.4 Å². The molecule has 28 heavy (non-hydrogen) atoms. The number of carbonyl (C=O) groups is 1. The second-order valence-corrected chi connectivity index (χ2v) is 7.33. The fraction of sp³-hybridized carbons (Fsp3) is 0.333. The molecule has 1 atom stereocenters. The van der Waals surface area contributed by atoms with Gasteiger partial charge in [-0.05, 0) is 36.8 Å². The van der Waals surface area contributed by atoms with E-state index in [0.29, 0.717) is 31.8 Å². The Morgan fingerprint density at radius 1 is 1.21 bits per heavy atom. The number of imidazole rings is 1. The highest BCUT2D eigenvalue weighted by Gasteiger charge is 2.44. The highest BCUT2D eigenvalue weighted by molar-refractivity contribution is 5.94. The van der Waals surface area contributed by atoms with Crippen molar-refractivity contribution in [3.8, 4) is 17.0 Å². The second kappa shape index (κ2) is 6.53. The third kappa shape index (κ3) is 2.79. The maximum absolute atomic E-state index is 12.7. The molecule has 7 heteroatoms. The van der Waals surface area contributed by atoms with Crippen molar-refractivity contribution in [2.75, 3.05) is 20.2 Å². The Balaban J connectivity index is 1.39. The van der Waals surface area contributed by atoms with E-state index in [9.17, 15) is 4.79 Å². The number of furan rings is 1. The van der Waals surface area contributed by atoms with E-state index in [1.165, 1.54) is 12.5 Å². The number of hydrogen-bond acceptors (Lipinski definition) is 5. The maximum Gasteiger partial charge on any atom is 0.257 e. The van der Waals surface area contributed by atoms with Crippen LogP contribution in [0.3, 0.4) is 0 Å². The van der Waals surface area contributed by atoms with Crippen molar-refractivity contribution in [2.24, 2.45) is 0 Å². The summed E-state index contributed by atoms with van der Waals surface area (Å²) in [6.45, 7) is 2.37. The molecule has 2 aliphatic rings. The van der Waals surface area contributed by atoms with Crippen LogP contribution in [0.2, 0.25) is 0 Å². The van der Waals surface area contributed by atoms with Gasteiger partial charge in [0.1, 0.15) is 30.0 Å². The van der Waals surface area contributed by atoms with Crippen molar-refractivity contribution in [3.05, 3.63) is 60.4 Å². The third-order valence-electron chi connectivity index (χ3n) is 5.65. The number of carbonyl (C=O) groups excluding carboxylic acids is 1. The summed E-state index contributed by atoms with van der Waals surface area (Å²) >= 11 is 0. The molecule has 0 radical (unpaired) electrons. The van der Waals surface area contributed by atoms with Gasteiger partial charge in [-0.3, -0.25) is 4.79 Å². The molecule has 0 unspecified atom stereocenters. The van der Waals surface area contributed by atoms with Crippen LogP contribution in [0.5, 0.6) is 5.75 Å². The van der Waals surface area contributed by atoms with E-state index < -0.39 is 0 Å². The van der Waals surface area contributed by atoms with Crippen LogP contribution in [0.15, 0.2) is 53.5 Å². The summed E-state index contributed by atoms with van der Waals surface area (Å²) in [7, 11) is 1.66. The van der Waals surface area contributed by atoms with Gasteiger partial charge in [0.15, 0.2) is 0 Å². The monoisotopic (exact) mass is 379 g/mol. The lowest BCUT2D eigenvalue weighted by Crippen LogP contribution is -2.45. The van der Waals surface area contributed by atoms with Crippen molar-refractivity contribution in [1.29, 1.82) is 0 Å². The maximum atomic E-state index is 12.7. The first-order chi connectivity index (χ1) is 13.7. The average molecular weight is 379 g/mol. The molecular weight excluding hydrogens is 358 g/mol. The number of nitrogens with zero attached hydrogens (tertiary/aromatic N) is 3. The number of hydrogen-bond donors (Lipinski definition) is 0. The lowest BCUT2D eigenvalue weighted by atomic mass is 10.0. The normalized spacial score (nSPS) is 21.1. The first-order valence-electron chi connectivity index (χ1n) is 9.32. The summed E-state index contributed by atoms with van der Waals surface area (Å²) in [5, 5.41) is 0. The van der Waals surface area contributed by atoms with Gasteiger partial charge < -0.3 is 23.4 Å². The summed E-state index contributed by atoms with van der Waals surface area (Å²) in [6, 6.07) is 9.67. The third-order valence-corrected chi connectivity index (χ3v) is 5.65. The molecule has 0 bridgehead atoms. The number of fused-ring (bicyclic) bond motifs is 1. The van der Waals surface area contributed by atoms with E-state index in [-0.39, 0.29) is 11.5 Å². The minimum Gasteiger partial charge on any atom is -0.497 e. The van der Waals surface area contributed by atoms with Crippen molar-refractivity contribution >= 4 is 5.91 Å². The lowest BCUT2D eigenvalue weighted by Gasteiger charge is -2.35. The van der Waals surface area contributed by atoms with Crippen molar-refractivity contribution in [1.82, 2.24) is 14.5 Å². The minimum absolute atomic E-state index is 0.0129. The van der Waals surface area contributed by atoms with Gasteiger partial charge >= 0.3 is 0 Å². The summed E-state index contributed by atoms with van der Waals surface area (Å²) in [5.74, 6) is 1.73. The van der Waals surface area contributed by atoms with E-state index >= 15 is 0 Å². The molecule has 2 aromatic heterocycles. The average Bonchev–Trinajstić information content (AvgIpc) is 3.48. The van der Waals surface area contributed by atoms with Crippen molar-refractivity contribution in [2.45, 2.75) is 25.2 Å². The zero-order chi connectivity index (χ0) is 19.1. The lowest BCUT2D eigenvalue weighted by molar-refractivity contribution is -0.0804. The number of rotatable bonds is 3. The molecule has 0 aliphatic carbocycles. The molecule has 1 fully saturated rings. The van der Waals surface area contributed by atoms with Gasteiger partial charge in [0.25, 0.3) is 5.91 Å². The van der Waals surface area contributed by atoms with Gasteiger partial charge in [-0.15, -0.1) is 0 Å². The van der Waals surface area contributed by atoms with Crippen LogP contribution < -0.4 is 4.74 Å². The zero-order valence-electron chi connectivity index (χ0n) is 15.6. The largest absolute Gasteiger partial charge is 0.497 e. The molecule has 144 valence electrons. The Hall–Kier alpha value is -3.06. The number of methoxy groups -OCH3 is 1. The van der Waals surface area contributed by atoms with E-state index in [4.69, 9.17) is 13.9 Å². The topological polar surface area (TPSA) is 69.7 Å². The highest BCUT2D eigenvalue weighted by Crippen LogP contribution is 2.36. The molecule has 0 N–H and O–H groups in total. The quantitative estimate of drug-likeness (QED) is 0.700. The summed E-state index contributed by atoms with van der Waals surface area (Å²) < 4.78 is 18.7. The second-order valence-electron chi connectivity index (χ2n) is 7.33. The molecule has 1 amide bonds. The Morgan fingerprint density at radius 2 is 2.07 bits per heavy atom. The number of benzene rings is 1. The Bertz CT molecular complexity index is 993. The first-order valence-corrected chi connectivity index (χ1v) is 9.32. The van der Waals surface area contributed by atoms with Crippen molar-refractivity contribution in [3.63, 3.8) is 0 Å². The molecule has 1 saturated heterocycles. The van der Waals surface area contributed by atoms with Crippen LogP contribution >= 0.6 is 0 Å². The molecule has 7 nitrogen and oxygen atoms in total. The van der Waals surface area contributed by atoms with Crippen molar-refractivity contribution < 1.29 is 18.7 Å². The van der Waals surface area contributed by atoms with Crippen LogP contribution in [-0.4, -0.2) is 46.2 Å². The van der Waals surface area contributed by atoms with E-state index in [1.54, 1.807) is 13.2 Å². The molecular formula is C21H21N3O4. The Kier molecular flexibility index (Phi) is 3.98. The molecule has 3 aromatic rings. The van der Waals surface area contributed by atoms with Crippen LogP contribution in [0.1, 0.15) is 22.6 Å². The SMILES string of the molecule is COc1ccc(-c2cnc3n2C[C@]2(CCN(C(=O)c4ccoc4)C2)OC3)cc1. The molecule has 5 rings (SSSR count). The van der Waals surface area contributed by atoms with Gasteiger partial charge in [-0.25, -0.2) is 4.98 Å². The minimum atomic E-state index is -0.381. The number of amides is 1. The van der Waals surface area contributed by atoms with Gasteiger partial charge in [0, 0.05) is 12.1 Å². The Morgan fingerprint density at radius 3 is 2.82 bits per heavy atom. The fourth-order valence-electron chi connectivity index (χ4n) is 4.08. The summed E-state index contributed by atoms with van der Waals surface area (Å²) in [4.78, 5) is 19.0. The molecule has 1 aromatic carbocycles. The molecule has 1 spiro atoms. The number of aromatic nitrogens is 2. The predicted molar refractivity (Wildman–Crippen MR) is 101 cm³/mol. The van der Waals surface area contributed by atoms with Gasteiger partial charge in [0.2, 0.25) is 0 Å². The summed E-state index contributed by atoms with van der Waals surface area (Å²) in [6.07, 6.45) is 5.71. The smallest absolute Gasteiger partial charge is 0.257 e. The van der Waals surface area contributed by atoms with E-state index in [0.717, 1.165) is 29.3 Å². The Labute approximate surface area is 162 Å². The zero-order valence-corrected chi connectivity index (χ0v) is 15.6. The standard InChI is InChI=1S/C21H21N3O4/c1-26-17-4-2-15(3-5-17)18-10-22-19-12-28-21(14-24(18)19)7-8-23(13-21)20(25)16-6-9-27-11-16/h2-6,9-11H,7-8,12-14H2,1H3/t21-/m1/s1. The van der Waals surface area contributed by atoms with Gasteiger partial charge in [-0.1, -0.05) is 0 Å². The molecule has 2 aliphatic heterocycles. The molecule has 0 saturated carbocycles.